The molecule has 2 rings (SSSR count). The zero-order valence-electron chi connectivity index (χ0n) is 12.3. The van der Waals surface area contributed by atoms with Gasteiger partial charge in [0.15, 0.2) is 0 Å². The lowest BCUT2D eigenvalue weighted by molar-refractivity contribution is 0.250. The summed E-state index contributed by atoms with van der Waals surface area (Å²) in [5, 5.41) is 5.46. The highest BCUT2D eigenvalue weighted by molar-refractivity contribution is 5.89. The average Bonchev–Trinajstić information content (AvgIpc) is 2.40. The third-order valence-electron chi connectivity index (χ3n) is 2.39. The summed E-state index contributed by atoms with van der Waals surface area (Å²) in [5.41, 5.74) is 2.13. The number of anilines is 1. The summed E-state index contributed by atoms with van der Waals surface area (Å²) in [6, 6.07) is 19.6. The molecule has 2 aromatic rings. The highest BCUT2D eigenvalue weighted by Crippen LogP contribution is 2.04. The lowest BCUT2D eigenvalue weighted by Crippen LogP contribution is -2.34. The van der Waals surface area contributed by atoms with Crippen molar-refractivity contribution in [3.63, 3.8) is 0 Å². The van der Waals surface area contributed by atoms with Gasteiger partial charge in [0.2, 0.25) is 0 Å². The maximum absolute atomic E-state index is 11.2. The van der Waals surface area contributed by atoms with E-state index in [0.29, 0.717) is 0 Å². The van der Waals surface area contributed by atoms with Gasteiger partial charge in [-0.3, -0.25) is 0 Å². The summed E-state index contributed by atoms with van der Waals surface area (Å²) in [7, 11) is 0. The van der Waals surface area contributed by atoms with E-state index in [0.717, 1.165) is 5.69 Å². The van der Waals surface area contributed by atoms with Gasteiger partial charge in [0.25, 0.3) is 0 Å². The Balaban J connectivity index is 0.000000240. The van der Waals surface area contributed by atoms with E-state index in [2.05, 4.69) is 29.7 Å². The molecule has 0 bridgehead atoms. The summed E-state index contributed by atoms with van der Waals surface area (Å²) < 4.78 is 0. The molecule has 0 heterocycles. The predicted octanol–water partition coefficient (Wildman–Crippen LogP) is 4.21. The minimum atomic E-state index is -0.166. The van der Waals surface area contributed by atoms with E-state index in [9.17, 15) is 4.79 Å². The van der Waals surface area contributed by atoms with Gasteiger partial charge in [0.1, 0.15) is 0 Å². The minimum Gasteiger partial charge on any atom is -0.336 e. The fraction of sp³-hybridized carbons (Fsp3) is 0.235. The molecular weight excluding hydrogens is 248 g/mol. The second kappa shape index (κ2) is 8.75. The number of amides is 2. The van der Waals surface area contributed by atoms with Crippen molar-refractivity contribution in [2.75, 3.05) is 5.32 Å². The first-order chi connectivity index (χ1) is 9.58. The highest BCUT2D eigenvalue weighted by Gasteiger charge is 2.01. The zero-order valence-corrected chi connectivity index (χ0v) is 12.3. The van der Waals surface area contributed by atoms with Gasteiger partial charge in [-0.25, -0.2) is 4.79 Å². The van der Waals surface area contributed by atoms with Crippen LogP contribution in [0.5, 0.6) is 0 Å². The molecule has 2 N–H and O–H groups in total. The molecule has 3 heteroatoms. The summed E-state index contributed by atoms with van der Waals surface area (Å²) in [6.45, 7) is 5.93. The first kappa shape index (κ1) is 15.8. The Morgan fingerprint density at radius 1 is 0.900 bits per heavy atom. The molecule has 0 aliphatic carbocycles. The van der Waals surface area contributed by atoms with E-state index in [1.807, 2.05) is 62.4 Å². The number of benzene rings is 2. The van der Waals surface area contributed by atoms with Gasteiger partial charge < -0.3 is 10.6 Å². The fourth-order valence-corrected chi connectivity index (χ4v) is 1.49. The van der Waals surface area contributed by atoms with E-state index >= 15 is 0 Å². The van der Waals surface area contributed by atoms with Crippen molar-refractivity contribution < 1.29 is 4.79 Å². The van der Waals surface area contributed by atoms with E-state index in [1.54, 1.807) is 0 Å². The molecule has 0 fully saturated rings. The number of hydrogen-bond acceptors (Lipinski definition) is 1. The number of carbonyl (C=O) groups is 1. The molecule has 0 saturated heterocycles. The average molecular weight is 270 g/mol. The van der Waals surface area contributed by atoms with Gasteiger partial charge in [-0.2, -0.15) is 0 Å². The van der Waals surface area contributed by atoms with Gasteiger partial charge in [-0.05, 0) is 32.9 Å². The van der Waals surface area contributed by atoms with Crippen LogP contribution in [0.2, 0.25) is 0 Å². The molecule has 0 aromatic heterocycles. The largest absolute Gasteiger partial charge is 0.336 e. The molecule has 0 spiro atoms. The maximum Gasteiger partial charge on any atom is 0.319 e. The molecule has 3 nitrogen and oxygen atoms in total. The molecule has 0 aliphatic rings. The van der Waals surface area contributed by atoms with Crippen LogP contribution in [0.15, 0.2) is 60.7 Å². The van der Waals surface area contributed by atoms with Crippen molar-refractivity contribution in [2.45, 2.75) is 26.8 Å². The van der Waals surface area contributed by atoms with Crippen LogP contribution in [0.4, 0.5) is 10.5 Å². The summed E-state index contributed by atoms with van der Waals surface area (Å²) in [5.74, 6) is 0. The van der Waals surface area contributed by atoms with Gasteiger partial charge in [0, 0.05) is 11.7 Å². The number of urea groups is 1. The Morgan fingerprint density at radius 3 is 1.80 bits per heavy atom. The second-order valence-corrected chi connectivity index (χ2v) is 4.77. The van der Waals surface area contributed by atoms with Gasteiger partial charge in [-0.15, -0.1) is 0 Å². The molecule has 20 heavy (non-hydrogen) atoms. The first-order valence-electron chi connectivity index (χ1n) is 6.72. The Kier molecular flexibility index (Phi) is 6.90. The van der Waals surface area contributed by atoms with Crippen LogP contribution in [0.1, 0.15) is 19.4 Å². The topological polar surface area (TPSA) is 41.1 Å². The molecular formula is C17H22N2O. The third-order valence-corrected chi connectivity index (χ3v) is 2.39. The van der Waals surface area contributed by atoms with Gasteiger partial charge >= 0.3 is 6.03 Å². The Hall–Kier alpha value is -2.29. The predicted molar refractivity (Wildman–Crippen MR) is 84.9 cm³/mol. The second-order valence-electron chi connectivity index (χ2n) is 4.77. The van der Waals surface area contributed by atoms with Crippen molar-refractivity contribution in [3.8, 4) is 0 Å². The molecule has 0 atom stereocenters. The Labute approximate surface area is 121 Å². The Bertz CT molecular complexity index is 495. The fourth-order valence-electron chi connectivity index (χ4n) is 1.49. The van der Waals surface area contributed by atoms with E-state index in [-0.39, 0.29) is 12.1 Å². The zero-order chi connectivity index (χ0) is 14.8. The van der Waals surface area contributed by atoms with Crippen molar-refractivity contribution in [3.05, 3.63) is 66.2 Å². The summed E-state index contributed by atoms with van der Waals surface area (Å²) in [6.07, 6.45) is 0. The number of para-hydroxylation sites is 1. The SMILES string of the molecule is CC(C)NC(=O)Nc1ccccc1.Cc1ccccc1. The van der Waals surface area contributed by atoms with Crippen LogP contribution >= 0.6 is 0 Å². The van der Waals surface area contributed by atoms with Gasteiger partial charge in [0.05, 0.1) is 0 Å². The smallest absolute Gasteiger partial charge is 0.319 e. The van der Waals surface area contributed by atoms with Crippen LogP contribution in [-0.2, 0) is 0 Å². The maximum atomic E-state index is 11.2. The number of aryl methyl sites for hydroxylation is 1. The molecule has 0 radical (unpaired) electrons. The van der Waals surface area contributed by atoms with Crippen LogP contribution in [0.25, 0.3) is 0 Å². The van der Waals surface area contributed by atoms with Crippen molar-refractivity contribution >= 4 is 11.7 Å². The summed E-state index contributed by atoms with van der Waals surface area (Å²) in [4.78, 5) is 11.2. The molecule has 0 aliphatic heterocycles. The Morgan fingerprint density at radius 2 is 1.40 bits per heavy atom. The van der Waals surface area contributed by atoms with Crippen molar-refractivity contribution in [1.29, 1.82) is 0 Å². The molecule has 2 aromatic carbocycles. The van der Waals surface area contributed by atoms with Crippen molar-refractivity contribution in [1.82, 2.24) is 5.32 Å². The van der Waals surface area contributed by atoms with Crippen LogP contribution < -0.4 is 10.6 Å². The van der Waals surface area contributed by atoms with E-state index < -0.39 is 0 Å². The highest BCUT2D eigenvalue weighted by atomic mass is 16.2. The normalized spacial score (nSPS) is 9.40. The molecule has 2 amide bonds. The lowest BCUT2D eigenvalue weighted by atomic mass is 10.2. The monoisotopic (exact) mass is 270 g/mol. The van der Waals surface area contributed by atoms with Crippen LogP contribution in [0.3, 0.4) is 0 Å². The standard InChI is InChI=1S/C10H14N2O.C7H8/c1-8(2)11-10(13)12-9-6-4-3-5-7-9;1-7-5-3-2-4-6-7/h3-8H,1-2H3,(H2,11,12,13);2-6H,1H3. The minimum absolute atomic E-state index is 0.156. The number of nitrogens with one attached hydrogen (secondary N) is 2. The number of hydrogen-bond donors (Lipinski definition) is 2. The van der Waals surface area contributed by atoms with E-state index in [4.69, 9.17) is 0 Å². The quantitative estimate of drug-likeness (QED) is 0.843. The van der Waals surface area contributed by atoms with Gasteiger partial charge in [-0.1, -0.05) is 54.1 Å². The van der Waals surface area contributed by atoms with Crippen LogP contribution in [0, 0.1) is 6.92 Å². The number of carbonyl (C=O) groups excluding carboxylic acids is 1. The molecule has 0 unspecified atom stereocenters. The lowest BCUT2D eigenvalue weighted by Gasteiger charge is -2.09. The molecule has 106 valence electrons. The first-order valence-corrected chi connectivity index (χ1v) is 6.72. The van der Waals surface area contributed by atoms with E-state index in [1.165, 1.54) is 5.56 Å². The number of rotatable bonds is 2. The third kappa shape index (κ3) is 7.21. The van der Waals surface area contributed by atoms with Crippen LogP contribution in [-0.4, -0.2) is 12.1 Å². The molecule has 0 saturated carbocycles. The van der Waals surface area contributed by atoms with Crippen molar-refractivity contribution in [2.24, 2.45) is 0 Å². The summed E-state index contributed by atoms with van der Waals surface area (Å²) >= 11 is 0.